The van der Waals surface area contributed by atoms with Crippen molar-refractivity contribution in [1.82, 2.24) is 14.7 Å². The molecule has 0 unspecified atom stereocenters. The number of nitrogens with zero attached hydrogens (tertiary/aromatic N) is 3. The summed E-state index contributed by atoms with van der Waals surface area (Å²) in [5.74, 6) is 0.104. The average molecular weight is 336 g/mol. The molecule has 2 aromatic rings. The molecule has 1 amide bonds. The summed E-state index contributed by atoms with van der Waals surface area (Å²) in [5, 5.41) is 4.26. The zero-order chi connectivity index (χ0) is 14.5. The van der Waals surface area contributed by atoms with Crippen molar-refractivity contribution in [3.63, 3.8) is 0 Å². The minimum Gasteiger partial charge on any atom is -0.340 e. The van der Waals surface area contributed by atoms with E-state index in [0.29, 0.717) is 13.0 Å². The second-order valence-electron chi connectivity index (χ2n) is 4.67. The lowest BCUT2D eigenvalue weighted by molar-refractivity contribution is -0.129. The van der Waals surface area contributed by atoms with Gasteiger partial charge in [0.1, 0.15) is 0 Å². The van der Waals surface area contributed by atoms with Crippen LogP contribution in [0.1, 0.15) is 18.2 Å². The van der Waals surface area contributed by atoms with Gasteiger partial charge < -0.3 is 4.90 Å². The van der Waals surface area contributed by atoms with Gasteiger partial charge in [0.05, 0.1) is 29.3 Å². The number of rotatable bonds is 5. The lowest BCUT2D eigenvalue weighted by Crippen LogP contribution is -2.29. The van der Waals surface area contributed by atoms with E-state index in [9.17, 15) is 4.79 Å². The standard InChI is InChI=1S/C15H18BrN3O/c1-3-19-14(13(16)10-17-19)11-18(2)15(20)9-12-7-5-4-6-8-12/h4-8,10H,3,9,11H2,1-2H3. The van der Waals surface area contributed by atoms with Crippen molar-refractivity contribution in [2.75, 3.05) is 7.05 Å². The minimum atomic E-state index is 0.104. The maximum atomic E-state index is 12.2. The van der Waals surface area contributed by atoms with E-state index in [4.69, 9.17) is 0 Å². The number of amides is 1. The summed E-state index contributed by atoms with van der Waals surface area (Å²) >= 11 is 3.48. The molecular weight excluding hydrogens is 318 g/mol. The molecule has 20 heavy (non-hydrogen) atoms. The number of likely N-dealkylation sites (N-methyl/N-ethyl adjacent to an activating group) is 1. The van der Waals surface area contributed by atoms with Crippen molar-refractivity contribution in [2.24, 2.45) is 0 Å². The van der Waals surface area contributed by atoms with Gasteiger partial charge in [-0.25, -0.2) is 0 Å². The van der Waals surface area contributed by atoms with Gasteiger partial charge >= 0.3 is 0 Å². The zero-order valence-electron chi connectivity index (χ0n) is 11.7. The number of aryl methyl sites for hydroxylation is 1. The van der Waals surface area contributed by atoms with E-state index in [1.807, 2.05) is 49.0 Å². The van der Waals surface area contributed by atoms with Gasteiger partial charge in [-0.3, -0.25) is 9.48 Å². The van der Waals surface area contributed by atoms with Gasteiger partial charge in [0.15, 0.2) is 0 Å². The van der Waals surface area contributed by atoms with Crippen LogP contribution in [0.25, 0.3) is 0 Å². The van der Waals surface area contributed by atoms with Gasteiger partial charge in [0.2, 0.25) is 5.91 Å². The highest BCUT2D eigenvalue weighted by Crippen LogP contribution is 2.18. The average Bonchev–Trinajstić information content (AvgIpc) is 2.80. The van der Waals surface area contributed by atoms with Crippen LogP contribution in [0.5, 0.6) is 0 Å². The predicted octanol–water partition coefficient (Wildman–Crippen LogP) is 2.87. The summed E-state index contributed by atoms with van der Waals surface area (Å²) < 4.78 is 2.84. The van der Waals surface area contributed by atoms with Crippen molar-refractivity contribution in [1.29, 1.82) is 0 Å². The summed E-state index contributed by atoms with van der Waals surface area (Å²) in [4.78, 5) is 14.0. The zero-order valence-corrected chi connectivity index (χ0v) is 13.3. The van der Waals surface area contributed by atoms with Gasteiger partial charge in [-0.15, -0.1) is 0 Å². The predicted molar refractivity (Wildman–Crippen MR) is 82.2 cm³/mol. The molecule has 1 aromatic heterocycles. The third-order valence-electron chi connectivity index (χ3n) is 3.21. The number of carbonyl (C=O) groups is 1. The lowest BCUT2D eigenvalue weighted by Gasteiger charge is -2.18. The molecule has 5 heteroatoms. The van der Waals surface area contributed by atoms with Gasteiger partial charge in [0, 0.05) is 13.6 Å². The van der Waals surface area contributed by atoms with Crippen LogP contribution in [-0.2, 0) is 24.3 Å². The van der Waals surface area contributed by atoms with E-state index in [1.54, 1.807) is 11.1 Å². The van der Waals surface area contributed by atoms with Crippen LogP contribution in [0.4, 0.5) is 0 Å². The van der Waals surface area contributed by atoms with Crippen LogP contribution in [0.3, 0.4) is 0 Å². The first-order valence-corrected chi connectivity index (χ1v) is 7.39. The second-order valence-corrected chi connectivity index (χ2v) is 5.52. The summed E-state index contributed by atoms with van der Waals surface area (Å²) in [5.41, 5.74) is 2.06. The third kappa shape index (κ3) is 3.48. The van der Waals surface area contributed by atoms with Crippen LogP contribution >= 0.6 is 15.9 Å². The largest absolute Gasteiger partial charge is 0.340 e. The summed E-state index contributed by atoms with van der Waals surface area (Å²) in [6, 6.07) is 9.79. The number of benzene rings is 1. The molecule has 1 aromatic carbocycles. The normalized spacial score (nSPS) is 10.6. The molecule has 0 aliphatic rings. The molecule has 0 aliphatic heterocycles. The topological polar surface area (TPSA) is 38.1 Å². The number of carbonyl (C=O) groups excluding carboxylic acids is 1. The molecule has 106 valence electrons. The summed E-state index contributed by atoms with van der Waals surface area (Å²) in [6.07, 6.45) is 2.20. The molecule has 0 fully saturated rings. The molecule has 4 nitrogen and oxygen atoms in total. The monoisotopic (exact) mass is 335 g/mol. The van der Waals surface area contributed by atoms with Crippen molar-refractivity contribution in [3.05, 3.63) is 52.3 Å². The molecule has 0 spiro atoms. The fraction of sp³-hybridized carbons (Fsp3) is 0.333. The van der Waals surface area contributed by atoms with E-state index < -0.39 is 0 Å². The molecular formula is C15H18BrN3O. The SMILES string of the molecule is CCn1ncc(Br)c1CN(C)C(=O)Cc1ccccc1. The first-order chi connectivity index (χ1) is 9.61. The summed E-state index contributed by atoms with van der Waals surface area (Å²) in [7, 11) is 1.82. The maximum absolute atomic E-state index is 12.2. The fourth-order valence-electron chi connectivity index (χ4n) is 2.04. The van der Waals surface area contributed by atoms with Gasteiger partial charge in [-0.1, -0.05) is 30.3 Å². The van der Waals surface area contributed by atoms with Crippen LogP contribution in [0.2, 0.25) is 0 Å². The maximum Gasteiger partial charge on any atom is 0.227 e. The Hall–Kier alpha value is -1.62. The molecule has 0 bridgehead atoms. The Morgan fingerprint density at radius 3 is 2.70 bits per heavy atom. The Balaban J connectivity index is 2.02. The van der Waals surface area contributed by atoms with Gasteiger partial charge in [-0.05, 0) is 28.4 Å². The Bertz CT molecular complexity index is 580. The second kappa shape index (κ2) is 6.70. The van der Waals surface area contributed by atoms with Crippen LogP contribution in [0, 0.1) is 0 Å². The molecule has 2 rings (SSSR count). The smallest absolute Gasteiger partial charge is 0.227 e. The van der Waals surface area contributed by atoms with Gasteiger partial charge in [0.25, 0.3) is 0 Å². The van der Waals surface area contributed by atoms with E-state index >= 15 is 0 Å². The van der Waals surface area contributed by atoms with Gasteiger partial charge in [-0.2, -0.15) is 5.10 Å². The molecule has 0 saturated carbocycles. The Labute approximate surface area is 127 Å². The van der Waals surface area contributed by atoms with E-state index in [2.05, 4.69) is 21.0 Å². The van der Waals surface area contributed by atoms with Crippen LogP contribution < -0.4 is 0 Å². The Kier molecular flexibility index (Phi) is 4.95. The van der Waals surface area contributed by atoms with Crippen molar-refractivity contribution in [2.45, 2.75) is 26.4 Å². The highest BCUT2D eigenvalue weighted by molar-refractivity contribution is 9.10. The minimum absolute atomic E-state index is 0.104. The molecule has 0 saturated heterocycles. The Morgan fingerprint density at radius 2 is 2.05 bits per heavy atom. The Morgan fingerprint density at radius 1 is 1.35 bits per heavy atom. The quantitative estimate of drug-likeness (QED) is 0.842. The lowest BCUT2D eigenvalue weighted by atomic mass is 10.1. The first kappa shape index (κ1) is 14.8. The molecule has 0 N–H and O–H groups in total. The molecule has 0 atom stereocenters. The van der Waals surface area contributed by atoms with Crippen LogP contribution in [0.15, 0.2) is 41.0 Å². The van der Waals surface area contributed by atoms with E-state index in [-0.39, 0.29) is 5.91 Å². The number of aromatic nitrogens is 2. The third-order valence-corrected chi connectivity index (χ3v) is 3.87. The number of hydrogen-bond acceptors (Lipinski definition) is 2. The molecule has 1 heterocycles. The molecule has 0 aliphatic carbocycles. The van der Waals surface area contributed by atoms with Crippen molar-refractivity contribution >= 4 is 21.8 Å². The van der Waals surface area contributed by atoms with Crippen molar-refractivity contribution < 1.29 is 4.79 Å². The highest BCUT2D eigenvalue weighted by atomic mass is 79.9. The number of hydrogen-bond donors (Lipinski definition) is 0. The molecule has 0 radical (unpaired) electrons. The highest BCUT2D eigenvalue weighted by Gasteiger charge is 2.14. The van der Waals surface area contributed by atoms with E-state index in [1.165, 1.54) is 0 Å². The van der Waals surface area contributed by atoms with Crippen LogP contribution in [-0.4, -0.2) is 27.6 Å². The van der Waals surface area contributed by atoms with E-state index in [0.717, 1.165) is 22.3 Å². The fourth-order valence-corrected chi connectivity index (χ4v) is 2.46. The van der Waals surface area contributed by atoms with Crippen molar-refractivity contribution in [3.8, 4) is 0 Å². The number of halogens is 1. The first-order valence-electron chi connectivity index (χ1n) is 6.60. The summed E-state index contributed by atoms with van der Waals surface area (Å²) in [6.45, 7) is 3.39.